The van der Waals surface area contributed by atoms with Crippen LogP contribution in [-0.4, -0.2) is 21.9 Å². The van der Waals surface area contributed by atoms with Gasteiger partial charge in [-0.2, -0.15) is 0 Å². The summed E-state index contributed by atoms with van der Waals surface area (Å²) in [6, 6.07) is 5.06. The van der Waals surface area contributed by atoms with Crippen LogP contribution in [0.5, 0.6) is 0 Å². The van der Waals surface area contributed by atoms with Crippen LogP contribution in [0.2, 0.25) is 0 Å². The third kappa shape index (κ3) is 1.82. The van der Waals surface area contributed by atoms with E-state index in [0.717, 1.165) is 18.5 Å². The number of aryl methyl sites for hydroxylation is 1. The second kappa shape index (κ2) is 4.41. The zero-order valence-electron chi connectivity index (χ0n) is 9.51. The number of aromatic nitrogens is 1. The molecule has 1 N–H and O–H groups in total. The van der Waals surface area contributed by atoms with E-state index < -0.39 is 5.97 Å². The number of benzene rings is 1. The third-order valence-corrected chi connectivity index (χ3v) is 2.76. The van der Waals surface area contributed by atoms with E-state index in [4.69, 9.17) is 5.11 Å². The van der Waals surface area contributed by atoms with Crippen molar-refractivity contribution in [3.05, 3.63) is 35.5 Å². The van der Waals surface area contributed by atoms with E-state index in [1.807, 2.05) is 17.6 Å². The zero-order valence-corrected chi connectivity index (χ0v) is 9.51. The highest BCUT2D eigenvalue weighted by atomic mass is 16.4. The molecule has 17 heavy (non-hydrogen) atoms. The molecule has 4 nitrogen and oxygen atoms in total. The fourth-order valence-corrected chi connectivity index (χ4v) is 2.08. The number of carboxylic acids is 1. The molecule has 0 unspecified atom stereocenters. The second-order valence-electron chi connectivity index (χ2n) is 3.90. The van der Waals surface area contributed by atoms with Gasteiger partial charge in [-0.05, 0) is 18.6 Å². The van der Waals surface area contributed by atoms with Gasteiger partial charge in [0.25, 0.3) is 0 Å². The van der Waals surface area contributed by atoms with Crippen molar-refractivity contribution in [2.75, 3.05) is 0 Å². The first-order valence-electron chi connectivity index (χ1n) is 5.49. The summed E-state index contributed by atoms with van der Waals surface area (Å²) in [5.74, 6) is -1.01. The molecule has 0 fully saturated rings. The number of carbonyl (C=O) groups excluding carboxylic acids is 1. The summed E-state index contributed by atoms with van der Waals surface area (Å²) >= 11 is 0. The van der Waals surface area contributed by atoms with Crippen LogP contribution >= 0.6 is 0 Å². The first kappa shape index (κ1) is 11.4. The fourth-order valence-electron chi connectivity index (χ4n) is 2.08. The highest BCUT2D eigenvalue weighted by molar-refractivity contribution is 6.09. The van der Waals surface area contributed by atoms with Gasteiger partial charge in [0, 0.05) is 29.2 Å². The molecule has 0 radical (unpaired) electrons. The topological polar surface area (TPSA) is 59.3 Å². The third-order valence-electron chi connectivity index (χ3n) is 2.76. The fraction of sp³-hybridized carbons (Fsp3) is 0.231. The SMILES string of the molecule is CCCn1cc(C=O)c2c(C(=O)O)cccc21. The molecule has 88 valence electrons. The van der Waals surface area contributed by atoms with E-state index in [1.54, 1.807) is 12.3 Å². The van der Waals surface area contributed by atoms with Crippen LogP contribution in [0.3, 0.4) is 0 Å². The number of aromatic carboxylic acids is 1. The van der Waals surface area contributed by atoms with E-state index in [0.29, 0.717) is 17.2 Å². The van der Waals surface area contributed by atoms with Crippen LogP contribution in [0.1, 0.15) is 34.1 Å². The van der Waals surface area contributed by atoms with Crippen LogP contribution < -0.4 is 0 Å². The standard InChI is InChI=1S/C13H13NO3/c1-2-6-14-7-9(8-15)12-10(13(16)17)4-3-5-11(12)14/h3-5,7-8H,2,6H2,1H3,(H,16,17). The van der Waals surface area contributed by atoms with E-state index in [-0.39, 0.29) is 5.56 Å². The van der Waals surface area contributed by atoms with Crippen LogP contribution in [0.25, 0.3) is 10.9 Å². The summed E-state index contributed by atoms with van der Waals surface area (Å²) in [5.41, 5.74) is 1.42. The molecule has 0 aliphatic heterocycles. The van der Waals surface area contributed by atoms with Crippen LogP contribution in [0.15, 0.2) is 24.4 Å². The minimum Gasteiger partial charge on any atom is -0.478 e. The number of fused-ring (bicyclic) bond motifs is 1. The maximum absolute atomic E-state index is 11.1. The normalized spacial score (nSPS) is 10.6. The van der Waals surface area contributed by atoms with Crippen molar-refractivity contribution in [1.82, 2.24) is 4.57 Å². The smallest absolute Gasteiger partial charge is 0.336 e. The molecule has 0 amide bonds. The van der Waals surface area contributed by atoms with Crippen molar-refractivity contribution in [1.29, 1.82) is 0 Å². The molecule has 2 aromatic rings. The van der Waals surface area contributed by atoms with Crippen molar-refractivity contribution < 1.29 is 14.7 Å². The van der Waals surface area contributed by atoms with E-state index in [1.165, 1.54) is 6.07 Å². The highest BCUT2D eigenvalue weighted by Crippen LogP contribution is 2.24. The van der Waals surface area contributed by atoms with Gasteiger partial charge in [-0.25, -0.2) is 4.79 Å². The molecule has 0 bridgehead atoms. The molecule has 0 spiro atoms. The molecule has 0 saturated heterocycles. The largest absolute Gasteiger partial charge is 0.478 e. The van der Waals surface area contributed by atoms with Crippen molar-refractivity contribution in [3.8, 4) is 0 Å². The van der Waals surface area contributed by atoms with Gasteiger partial charge in [-0.15, -0.1) is 0 Å². The highest BCUT2D eigenvalue weighted by Gasteiger charge is 2.15. The number of hydrogen-bond donors (Lipinski definition) is 1. The quantitative estimate of drug-likeness (QED) is 0.822. The Hall–Kier alpha value is -2.10. The second-order valence-corrected chi connectivity index (χ2v) is 3.90. The molecule has 0 aliphatic carbocycles. The first-order chi connectivity index (χ1) is 8.19. The Balaban J connectivity index is 2.79. The summed E-state index contributed by atoms with van der Waals surface area (Å²) in [7, 11) is 0. The van der Waals surface area contributed by atoms with Gasteiger partial charge in [0.1, 0.15) is 0 Å². The molecule has 1 aromatic heterocycles. The maximum Gasteiger partial charge on any atom is 0.336 e. The van der Waals surface area contributed by atoms with Gasteiger partial charge in [0.2, 0.25) is 0 Å². The average molecular weight is 231 g/mol. The number of aldehydes is 1. The molecule has 2 rings (SSSR count). The lowest BCUT2D eigenvalue weighted by molar-refractivity contribution is 0.0699. The Morgan fingerprint density at radius 1 is 1.47 bits per heavy atom. The predicted octanol–water partition coefficient (Wildman–Crippen LogP) is 2.56. The maximum atomic E-state index is 11.1. The number of rotatable bonds is 4. The van der Waals surface area contributed by atoms with Crippen LogP contribution in [0.4, 0.5) is 0 Å². The predicted molar refractivity (Wildman–Crippen MR) is 64.6 cm³/mol. The molecule has 0 atom stereocenters. The van der Waals surface area contributed by atoms with E-state index in [2.05, 4.69) is 0 Å². The molecular formula is C13H13NO3. The Morgan fingerprint density at radius 3 is 2.82 bits per heavy atom. The average Bonchev–Trinajstić information content (AvgIpc) is 2.68. The van der Waals surface area contributed by atoms with E-state index in [9.17, 15) is 9.59 Å². The Labute approximate surface area is 98.5 Å². The Bertz CT molecular complexity index is 584. The molecule has 0 saturated carbocycles. The van der Waals surface area contributed by atoms with Gasteiger partial charge in [0.15, 0.2) is 6.29 Å². The summed E-state index contributed by atoms with van der Waals surface area (Å²) in [6.45, 7) is 2.81. The number of carbonyl (C=O) groups is 2. The lowest BCUT2D eigenvalue weighted by Crippen LogP contribution is -1.98. The van der Waals surface area contributed by atoms with Crippen molar-refractivity contribution >= 4 is 23.2 Å². The minimum atomic E-state index is -1.01. The van der Waals surface area contributed by atoms with Gasteiger partial charge in [-0.1, -0.05) is 13.0 Å². The van der Waals surface area contributed by atoms with Crippen LogP contribution in [0, 0.1) is 0 Å². The molecule has 1 aromatic carbocycles. The number of carboxylic acid groups (broad SMARTS) is 1. The van der Waals surface area contributed by atoms with Crippen molar-refractivity contribution in [2.45, 2.75) is 19.9 Å². The molecule has 1 heterocycles. The first-order valence-corrected chi connectivity index (χ1v) is 5.49. The molecular weight excluding hydrogens is 218 g/mol. The lowest BCUT2D eigenvalue weighted by Gasteiger charge is -2.03. The van der Waals surface area contributed by atoms with Gasteiger partial charge in [0.05, 0.1) is 5.56 Å². The summed E-state index contributed by atoms with van der Waals surface area (Å²) in [5, 5.41) is 9.65. The Kier molecular flexibility index (Phi) is 2.95. The Morgan fingerprint density at radius 2 is 2.24 bits per heavy atom. The van der Waals surface area contributed by atoms with Gasteiger partial charge in [-0.3, -0.25) is 4.79 Å². The van der Waals surface area contributed by atoms with Gasteiger partial charge >= 0.3 is 5.97 Å². The van der Waals surface area contributed by atoms with Crippen molar-refractivity contribution in [2.24, 2.45) is 0 Å². The monoisotopic (exact) mass is 231 g/mol. The van der Waals surface area contributed by atoms with Crippen molar-refractivity contribution in [3.63, 3.8) is 0 Å². The van der Waals surface area contributed by atoms with Crippen LogP contribution in [-0.2, 0) is 6.54 Å². The number of nitrogens with zero attached hydrogens (tertiary/aromatic N) is 1. The zero-order chi connectivity index (χ0) is 12.4. The van der Waals surface area contributed by atoms with E-state index >= 15 is 0 Å². The summed E-state index contributed by atoms with van der Waals surface area (Å²) in [6.07, 6.45) is 3.36. The summed E-state index contributed by atoms with van der Waals surface area (Å²) < 4.78 is 1.92. The molecule has 4 heteroatoms. The molecule has 0 aliphatic rings. The minimum absolute atomic E-state index is 0.180. The lowest BCUT2D eigenvalue weighted by atomic mass is 10.1. The van der Waals surface area contributed by atoms with Gasteiger partial charge < -0.3 is 9.67 Å². The number of hydrogen-bond acceptors (Lipinski definition) is 2. The summed E-state index contributed by atoms with van der Waals surface area (Å²) in [4.78, 5) is 22.1.